The molecule has 4 heteroatoms. The third-order valence-corrected chi connectivity index (χ3v) is 12.7. The van der Waals surface area contributed by atoms with Gasteiger partial charge in [0.05, 0.1) is 5.69 Å². The van der Waals surface area contributed by atoms with Crippen LogP contribution in [0.1, 0.15) is 0 Å². The summed E-state index contributed by atoms with van der Waals surface area (Å²) in [6.07, 6.45) is 0. The Kier molecular flexibility index (Phi) is 6.63. The third-order valence-electron chi connectivity index (χ3n) is 10.3. The van der Waals surface area contributed by atoms with Gasteiger partial charge in [-0.05, 0) is 76.9 Å². The fourth-order valence-electron chi connectivity index (χ4n) is 7.89. The fraction of sp³-hybridized carbons (Fsp3) is 0. The van der Waals surface area contributed by atoms with E-state index in [1.54, 1.807) is 0 Å². The molecule has 2 nitrogen and oxygen atoms in total. The molecule has 8 aromatic carbocycles. The van der Waals surface area contributed by atoms with E-state index in [-0.39, 0.29) is 0 Å². The zero-order valence-corrected chi connectivity index (χ0v) is 29.5. The lowest BCUT2D eigenvalue weighted by atomic mass is 9.99. The van der Waals surface area contributed by atoms with Gasteiger partial charge >= 0.3 is 0 Å². The normalized spacial score (nSPS) is 11.8. The molecule has 0 N–H and O–H groups in total. The van der Waals surface area contributed by atoms with Gasteiger partial charge in [-0.25, -0.2) is 0 Å². The van der Waals surface area contributed by atoms with Crippen molar-refractivity contribution in [3.8, 4) is 22.3 Å². The quantitative estimate of drug-likeness (QED) is 0.178. The van der Waals surface area contributed by atoms with E-state index in [1.807, 2.05) is 28.7 Å². The third kappa shape index (κ3) is 4.55. The van der Waals surface area contributed by atoms with Gasteiger partial charge in [-0.1, -0.05) is 121 Å². The molecule has 3 aromatic heterocycles. The molecule has 0 saturated heterocycles. The highest BCUT2D eigenvalue weighted by Crippen LogP contribution is 2.50. The summed E-state index contributed by atoms with van der Waals surface area (Å²) in [6, 6.07) is 63.7. The summed E-state index contributed by atoms with van der Waals surface area (Å²) < 4.78 is 11.5. The molecule has 0 unspecified atom stereocenters. The van der Waals surface area contributed by atoms with Gasteiger partial charge in [0.15, 0.2) is 0 Å². The minimum Gasteiger partial charge on any atom is -0.456 e. The number of furan rings is 1. The Morgan fingerprint density at radius 1 is 0.385 bits per heavy atom. The smallest absolute Gasteiger partial charge is 0.135 e. The number of anilines is 3. The van der Waals surface area contributed by atoms with Crippen molar-refractivity contribution in [3.63, 3.8) is 0 Å². The van der Waals surface area contributed by atoms with Crippen LogP contribution in [0.5, 0.6) is 0 Å². The Balaban J connectivity index is 1.21. The van der Waals surface area contributed by atoms with E-state index < -0.39 is 0 Å². The summed E-state index contributed by atoms with van der Waals surface area (Å²) in [7, 11) is 0. The van der Waals surface area contributed by atoms with Gasteiger partial charge in [-0.2, -0.15) is 0 Å². The van der Waals surface area contributed by atoms with Crippen molar-refractivity contribution in [2.45, 2.75) is 0 Å². The van der Waals surface area contributed by atoms with Gasteiger partial charge in [-0.15, -0.1) is 22.7 Å². The van der Waals surface area contributed by atoms with Crippen molar-refractivity contribution in [1.82, 2.24) is 0 Å². The van der Waals surface area contributed by atoms with Crippen molar-refractivity contribution in [3.05, 3.63) is 176 Å². The van der Waals surface area contributed by atoms with Gasteiger partial charge < -0.3 is 9.32 Å². The number of rotatable bonds is 5. The minimum atomic E-state index is 0.892. The zero-order chi connectivity index (χ0) is 34.2. The summed E-state index contributed by atoms with van der Waals surface area (Å²) in [5.74, 6) is 0. The number of hydrogen-bond acceptors (Lipinski definition) is 4. The second kappa shape index (κ2) is 11.7. The van der Waals surface area contributed by atoms with Gasteiger partial charge in [0, 0.05) is 62.5 Å². The predicted molar refractivity (Wildman–Crippen MR) is 225 cm³/mol. The zero-order valence-electron chi connectivity index (χ0n) is 27.9. The molecule has 0 aliphatic rings. The maximum Gasteiger partial charge on any atom is 0.135 e. The maximum atomic E-state index is 6.31. The first-order valence-corrected chi connectivity index (χ1v) is 19.1. The summed E-state index contributed by atoms with van der Waals surface area (Å²) in [5, 5.41) is 7.32. The van der Waals surface area contributed by atoms with Crippen LogP contribution in [-0.4, -0.2) is 0 Å². The SMILES string of the molecule is c1ccc(-c2cccc3c2sc2ccc(N(c4ccc5oc6ccccc6c5c4)c4ccc(-c5ccccc5)c5sc6ccccc6c45)cc23)cc1. The Morgan fingerprint density at radius 3 is 1.79 bits per heavy atom. The highest BCUT2D eigenvalue weighted by molar-refractivity contribution is 7.26. The fourth-order valence-corrected chi connectivity index (χ4v) is 10.4. The maximum absolute atomic E-state index is 6.31. The Hall–Kier alpha value is -6.20. The molecule has 11 aromatic rings. The Bertz CT molecular complexity index is 3130. The highest BCUT2D eigenvalue weighted by atomic mass is 32.1. The molecule has 244 valence electrons. The average Bonchev–Trinajstić information content (AvgIpc) is 3.90. The summed E-state index contributed by atoms with van der Waals surface area (Å²) in [6.45, 7) is 0. The first-order valence-electron chi connectivity index (χ1n) is 17.5. The van der Waals surface area contributed by atoms with E-state index >= 15 is 0 Å². The molecule has 0 fully saturated rings. The summed E-state index contributed by atoms with van der Waals surface area (Å²) in [5.41, 5.74) is 10.2. The van der Waals surface area contributed by atoms with Gasteiger partial charge in [0.1, 0.15) is 11.2 Å². The van der Waals surface area contributed by atoms with Gasteiger partial charge in [0.25, 0.3) is 0 Å². The Morgan fingerprint density at radius 2 is 0.981 bits per heavy atom. The highest BCUT2D eigenvalue weighted by Gasteiger charge is 2.23. The second-order valence-electron chi connectivity index (χ2n) is 13.2. The largest absolute Gasteiger partial charge is 0.456 e. The van der Waals surface area contributed by atoms with Gasteiger partial charge in [-0.3, -0.25) is 0 Å². The van der Waals surface area contributed by atoms with E-state index in [1.165, 1.54) is 62.6 Å². The van der Waals surface area contributed by atoms with Crippen LogP contribution in [0.2, 0.25) is 0 Å². The van der Waals surface area contributed by atoms with Crippen molar-refractivity contribution in [1.29, 1.82) is 0 Å². The average molecular weight is 700 g/mol. The molecule has 0 bridgehead atoms. The van der Waals surface area contributed by atoms with Crippen LogP contribution in [0.25, 0.3) is 84.5 Å². The predicted octanol–water partition coefficient (Wildman–Crippen LogP) is 15.1. The van der Waals surface area contributed by atoms with Crippen LogP contribution < -0.4 is 4.90 Å². The lowest BCUT2D eigenvalue weighted by Crippen LogP contribution is -2.10. The molecule has 0 aliphatic carbocycles. The summed E-state index contributed by atoms with van der Waals surface area (Å²) in [4.78, 5) is 2.46. The number of hydrogen-bond donors (Lipinski definition) is 0. The van der Waals surface area contributed by atoms with E-state index in [0.717, 1.165) is 39.0 Å². The van der Waals surface area contributed by atoms with E-state index in [4.69, 9.17) is 4.42 Å². The second-order valence-corrected chi connectivity index (χ2v) is 15.3. The van der Waals surface area contributed by atoms with E-state index in [9.17, 15) is 0 Å². The van der Waals surface area contributed by atoms with Crippen molar-refractivity contribution in [2.24, 2.45) is 0 Å². The minimum absolute atomic E-state index is 0.892. The lowest BCUT2D eigenvalue weighted by molar-refractivity contribution is 0.669. The molecule has 11 rings (SSSR count). The number of para-hydroxylation sites is 1. The molecule has 0 saturated carbocycles. The number of fused-ring (bicyclic) bond motifs is 9. The van der Waals surface area contributed by atoms with E-state index in [2.05, 4.69) is 175 Å². The molecule has 52 heavy (non-hydrogen) atoms. The van der Waals surface area contributed by atoms with Crippen molar-refractivity contribution >= 4 is 102 Å². The van der Waals surface area contributed by atoms with Crippen LogP contribution >= 0.6 is 22.7 Å². The first kappa shape index (κ1) is 29.5. The number of benzene rings is 8. The van der Waals surface area contributed by atoms with Crippen LogP contribution in [0.3, 0.4) is 0 Å². The topological polar surface area (TPSA) is 16.4 Å². The standard InChI is InChI=1S/C48H29NOS2/c1-3-12-30(13-4-1)34-18-11-19-37-40-29-33(23-27-45(40)51-47(34)37)49(32-22-26-43-39(28-32)36-16-7-9-20-42(36)50-43)41-25-24-35(31-14-5-2-6-15-31)48-46(41)38-17-8-10-21-44(38)52-48/h1-29H. The van der Waals surface area contributed by atoms with Crippen molar-refractivity contribution < 1.29 is 4.42 Å². The van der Waals surface area contributed by atoms with Gasteiger partial charge in [0.2, 0.25) is 0 Å². The molecule has 0 atom stereocenters. The van der Waals surface area contributed by atoms with Crippen LogP contribution in [0.15, 0.2) is 180 Å². The van der Waals surface area contributed by atoms with Crippen LogP contribution in [-0.2, 0) is 0 Å². The monoisotopic (exact) mass is 699 g/mol. The lowest BCUT2D eigenvalue weighted by Gasteiger charge is -2.27. The molecular formula is C48H29NOS2. The summed E-state index contributed by atoms with van der Waals surface area (Å²) >= 11 is 3.75. The molecule has 0 spiro atoms. The molecule has 0 aliphatic heterocycles. The number of thiophene rings is 2. The molecule has 0 radical (unpaired) electrons. The molecular weight excluding hydrogens is 671 g/mol. The van der Waals surface area contributed by atoms with Crippen molar-refractivity contribution in [2.75, 3.05) is 4.90 Å². The van der Waals surface area contributed by atoms with E-state index in [0.29, 0.717) is 0 Å². The first-order chi connectivity index (χ1) is 25.8. The van der Waals surface area contributed by atoms with Crippen LogP contribution in [0.4, 0.5) is 17.1 Å². The molecule has 3 heterocycles. The molecule has 0 amide bonds. The Labute approximate surface area is 308 Å². The number of nitrogens with zero attached hydrogens (tertiary/aromatic N) is 1. The van der Waals surface area contributed by atoms with Crippen LogP contribution in [0, 0.1) is 0 Å².